The number of thioether (sulfide) groups is 1. The molecule has 1 aromatic heterocycles. The predicted molar refractivity (Wildman–Crippen MR) is 97.5 cm³/mol. The largest absolute Gasteiger partial charge is 0.346 e. The molecule has 4 N–H and O–H groups in total. The molecule has 1 amide bonds. The van der Waals surface area contributed by atoms with Crippen LogP contribution in [-0.2, 0) is 5.75 Å². The molecule has 0 aliphatic carbocycles. The first-order chi connectivity index (χ1) is 10.00. The molecule has 0 radical (unpaired) electrons. The Labute approximate surface area is 152 Å². The second-order valence-corrected chi connectivity index (χ2v) is 6.28. The molecule has 0 saturated heterocycles. The Kier molecular flexibility index (Phi) is 9.23. The summed E-state index contributed by atoms with van der Waals surface area (Å²) in [6.45, 7) is 4.19. The standard InChI is InChI=1S/C14H19N5OS.2ClH/c1-14(2,8-15)18-12(20)11-5-3-10(4-6-11)7-21-13-16-9-17-19-13;;/h3-6,9H,7-8,15H2,1-2H3,(H,18,20)(H,16,17,19);2*1H. The third-order valence-electron chi connectivity index (χ3n) is 2.95. The summed E-state index contributed by atoms with van der Waals surface area (Å²) in [5, 5.41) is 10.3. The van der Waals surface area contributed by atoms with Crippen LogP contribution in [0.25, 0.3) is 0 Å². The fourth-order valence-corrected chi connectivity index (χ4v) is 2.33. The molecule has 0 unspecified atom stereocenters. The highest BCUT2D eigenvalue weighted by Gasteiger charge is 2.18. The minimum atomic E-state index is -0.405. The predicted octanol–water partition coefficient (Wildman–Crippen LogP) is 2.41. The third-order valence-corrected chi connectivity index (χ3v) is 3.89. The first kappa shape index (κ1) is 21.7. The van der Waals surface area contributed by atoms with E-state index in [1.165, 1.54) is 6.33 Å². The molecule has 6 nitrogen and oxygen atoms in total. The summed E-state index contributed by atoms with van der Waals surface area (Å²) in [6.07, 6.45) is 1.48. The van der Waals surface area contributed by atoms with Crippen LogP contribution in [0, 0.1) is 0 Å². The molecular formula is C14H21Cl2N5OS. The van der Waals surface area contributed by atoms with Gasteiger partial charge in [0.15, 0.2) is 5.16 Å². The van der Waals surface area contributed by atoms with E-state index in [9.17, 15) is 4.79 Å². The van der Waals surface area contributed by atoms with E-state index >= 15 is 0 Å². The Morgan fingerprint density at radius 3 is 2.48 bits per heavy atom. The van der Waals surface area contributed by atoms with Gasteiger partial charge in [-0.25, -0.2) is 4.98 Å². The molecule has 9 heteroatoms. The summed E-state index contributed by atoms with van der Waals surface area (Å²) in [7, 11) is 0. The Morgan fingerprint density at radius 2 is 1.96 bits per heavy atom. The van der Waals surface area contributed by atoms with Crippen molar-refractivity contribution in [2.75, 3.05) is 6.54 Å². The molecule has 128 valence electrons. The number of H-pyrrole nitrogens is 1. The summed E-state index contributed by atoms with van der Waals surface area (Å²) < 4.78 is 0. The van der Waals surface area contributed by atoms with E-state index in [0.29, 0.717) is 12.1 Å². The SMILES string of the molecule is CC(C)(CN)NC(=O)c1ccc(CSc2ncn[nH]2)cc1.Cl.Cl. The van der Waals surface area contributed by atoms with Crippen LogP contribution in [0.3, 0.4) is 0 Å². The molecule has 0 spiro atoms. The van der Waals surface area contributed by atoms with Crippen LogP contribution in [-0.4, -0.2) is 33.2 Å². The van der Waals surface area contributed by atoms with Crippen LogP contribution in [0.2, 0.25) is 0 Å². The van der Waals surface area contributed by atoms with Gasteiger partial charge >= 0.3 is 0 Å². The molecule has 0 aliphatic heterocycles. The van der Waals surface area contributed by atoms with Gasteiger partial charge in [-0.1, -0.05) is 23.9 Å². The minimum Gasteiger partial charge on any atom is -0.346 e. The van der Waals surface area contributed by atoms with Crippen molar-refractivity contribution in [3.8, 4) is 0 Å². The van der Waals surface area contributed by atoms with Crippen LogP contribution >= 0.6 is 36.6 Å². The fourth-order valence-electron chi connectivity index (χ4n) is 1.60. The molecule has 2 aromatic rings. The van der Waals surface area contributed by atoms with Gasteiger partial charge < -0.3 is 11.1 Å². The number of halogens is 2. The van der Waals surface area contributed by atoms with Crippen LogP contribution in [0.4, 0.5) is 0 Å². The van der Waals surface area contributed by atoms with Crippen molar-refractivity contribution in [1.29, 1.82) is 0 Å². The zero-order valence-corrected chi connectivity index (χ0v) is 15.4. The molecule has 0 atom stereocenters. The minimum absolute atomic E-state index is 0. The number of aromatic amines is 1. The van der Waals surface area contributed by atoms with Gasteiger partial charge in [-0.15, -0.1) is 24.8 Å². The normalized spacial score (nSPS) is 10.4. The maximum atomic E-state index is 12.1. The highest BCUT2D eigenvalue weighted by Crippen LogP contribution is 2.18. The Bertz CT molecular complexity index is 590. The van der Waals surface area contributed by atoms with Gasteiger partial charge in [0.25, 0.3) is 5.91 Å². The van der Waals surface area contributed by atoms with Gasteiger partial charge in [-0.05, 0) is 31.5 Å². The van der Waals surface area contributed by atoms with Crippen LogP contribution < -0.4 is 11.1 Å². The number of benzene rings is 1. The smallest absolute Gasteiger partial charge is 0.251 e. The second-order valence-electron chi connectivity index (χ2n) is 5.32. The van der Waals surface area contributed by atoms with Crippen molar-refractivity contribution in [1.82, 2.24) is 20.5 Å². The van der Waals surface area contributed by atoms with Crippen molar-refractivity contribution in [3.63, 3.8) is 0 Å². The summed E-state index contributed by atoms with van der Waals surface area (Å²) >= 11 is 1.56. The molecule has 1 heterocycles. The molecule has 0 bridgehead atoms. The third kappa shape index (κ3) is 6.78. The molecule has 23 heavy (non-hydrogen) atoms. The summed E-state index contributed by atoms with van der Waals surface area (Å²) in [5.74, 6) is 0.658. The Hall–Kier alpha value is -1.28. The average molecular weight is 378 g/mol. The number of carbonyl (C=O) groups excluding carboxylic acids is 1. The number of hydrogen-bond acceptors (Lipinski definition) is 5. The van der Waals surface area contributed by atoms with Gasteiger partial charge in [0.2, 0.25) is 0 Å². The number of carbonyl (C=O) groups is 1. The lowest BCUT2D eigenvalue weighted by Crippen LogP contribution is -2.48. The maximum Gasteiger partial charge on any atom is 0.251 e. The Morgan fingerprint density at radius 1 is 1.30 bits per heavy atom. The molecule has 0 aliphatic rings. The van der Waals surface area contributed by atoms with E-state index in [2.05, 4.69) is 20.5 Å². The lowest BCUT2D eigenvalue weighted by Gasteiger charge is -2.24. The van der Waals surface area contributed by atoms with Gasteiger partial charge in [-0.3, -0.25) is 9.89 Å². The van der Waals surface area contributed by atoms with Crippen molar-refractivity contribution in [2.45, 2.75) is 30.3 Å². The average Bonchev–Trinajstić information content (AvgIpc) is 2.98. The molecule has 0 fully saturated rings. The number of rotatable bonds is 6. The van der Waals surface area contributed by atoms with Crippen molar-refractivity contribution in [2.24, 2.45) is 5.73 Å². The quantitative estimate of drug-likeness (QED) is 0.671. The molecule has 0 saturated carbocycles. The molecular weight excluding hydrogens is 357 g/mol. The van der Waals surface area contributed by atoms with E-state index in [4.69, 9.17) is 5.73 Å². The van der Waals surface area contributed by atoms with E-state index < -0.39 is 5.54 Å². The number of aromatic nitrogens is 3. The van der Waals surface area contributed by atoms with Crippen molar-refractivity contribution >= 4 is 42.5 Å². The summed E-state index contributed by atoms with van der Waals surface area (Å²) in [5.41, 5.74) is 6.95. The van der Waals surface area contributed by atoms with Crippen molar-refractivity contribution in [3.05, 3.63) is 41.7 Å². The van der Waals surface area contributed by atoms with E-state index in [0.717, 1.165) is 16.5 Å². The van der Waals surface area contributed by atoms with Crippen LogP contribution in [0.5, 0.6) is 0 Å². The summed E-state index contributed by atoms with van der Waals surface area (Å²) in [6, 6.07) is 7.51. The van der Waals surface area contributed by atoms with E-state index in [1.54, 1.807) is 11.8 Å². The lowest BCUT2D eigenvalue weighted by atomic mass is 10.0. The number of amides is 1. The number of hydrogen-bond donors (Lipinski definition) is 3. The Balaban J connectivity index is 0.00000242. The van der Waals surface area contributed by atoms with Crippen LogP contribution in [0.15, 0.2) is 35.7 Å². The van der Waals surface area contributed by atoms with Crippen LogP contribution in [0.1, 0.15) is 29.8 Å². The first-order valence-electron chi connectivity index (χ1n) is 6.60. The zero-order chi connectivity index (χ0) is 15.3. The van der Waals surface area contributed by atoms with Gasteiger partial charge in [0, 0.05) is 23.4 Å². The number of nitrogens with one attached hydrogen (secondary N) is 2. The van der Waals surface area contributed by atoms with E-state index in [1.807, 2.05) is 38.1 Å². The second kappa shape index (κ2) is 9.77. The highest BCUT2D eigenvalue weighted by molar-refractivity contribution is 7.98. The van der Waals surface area contributed by atoms with Crippen molar-refractivity contribution < 1.29 is 4.79 Å². The number of nitrogens with zero attached hydrogens (tertiary/aromatic N) is 2. The monoisotopic (exact) mass is 377 g/mol. The first-order valence-corrected chi connectivity index (χ1v) is 7.58. The fraction of sp³-hybridized carbons (Fsp3) is 0.357. The van der Waals surface area contributed by atoms with Gasteiger partial charge in [0.1, 0.15) is 6.33 Å². The number of nitrogens with two attached hydrogens (primary N) is 1. The highest BCUT2D eigenvalue weighted by atomic mass is 35.5. The lowest BCUT2D eigenvalue weighted by molar-refractivity contribution is 0.0915. The topological polar surface area (TPSA) is 96.7 Å². The molecule has 2 rings (SSSR count). The maximum absolute atomic E-state index is 12.1. The van der Waals surface area contributed by atoms with Gasteiger partial charge in [-0.2, -0.15) is 5.10 Å². The molecule has 1 aromatic carbocycles. The summed E-state index contributed by atoms with van der Waals surface area (Å²) in [4.78, 5) is 16.1. The van der Waals surface area contributed by atoms with Gasteiger partial charge in [0.05, 0.1) is 0 Å². The zero-order valence-electron chi connectivity index (χ0n) is 12.9. The van der Waals surface area contributed by atoms with E-state index in [-0.39, 0.29) is 30.7 Å².